The van der Waals surface area contributed by atoms with Gasteiger partial charge in [-0.2, -0.15) is 0 Å². The van der Waals surface area contributed by atoms with Crippen LogP contribution >= 0.6 is 0 Å². The highest BCUT2D eigenvalue weighted by Crippen LogP contribution is 2.07. The van der Waals surface area contributed by atoms with E-state index < -0.39 is 12.1 Å². The zero-order chi connectivity index (χ0) is 13.9. The van der Waals surface area contributed by atoms with Crippen molar-refractivity contribution in [2.75, 3.05) is 19.8 Å². The van der Waals surface area contributed by atoms with Gasteiger partial charge in [0.05, 0.1) is 13.2 Å². The van der Waals surface area contributed by atoms with E-state index in [1.165, 1.54) is 0 Å². The monoisotopic (exact) mass is 267 g/mol. The first kappa shape index (κ1) is 14.6. The molecule has 0 fully saturated rings. The second-order valence-corrected chi connectivity index (χ2v) is 3.39. The maximum absolute atomic E-state index is 11.2. The minimum atomic E-state index is -0.710. The van der Waals surface area contributed by atoms with E-state index in [0.29, 0.717) is 13.2 Å². The van der Waals surface area contributed by atoms with Crippen LogP contribution < -0.4 is 20.9 Å². The third-order valence-electron chi connectivity index (χ3n) is 1.95. The van der Waals surface area contributed by atoms with Crippen LogP contribution in [0.4, 0.5) is 9.59 Å². The average molecular weight is 267 g/mol. The summed E-state index contributed by atoms with van der Waals surface area (Å²) in [4.78, 5) is 22.1. The zero-order valence-electron chi connectivity index (χ0n) is 10.6. The Labute approximate surface area is 111 Å². The molecular weight excluding hydrogens is 250 g/mol. The molecule has 0 aliphatic carbocycles. The molecule has 0 heterocycles. The van der Waals surface area contributed by atoms with Crippen LogP contribution in [0, 0.1) is 0 Å². The molecule has 3 amide bonds. The lowest BCUT2D eigenvalue weighted by molar-refractivity contribution is 0.147. The predicted molar refractivity (Wildman–Crippen MR) is 68.6 cm³/mol. The van der Waals surface area contributed by atoms with Gasteiger partial charge in [-0.1, -0.05) is 18.2 Å². The summed E-state index contributed by atoms with van der Waals surface area (Å²) in [7, 11) is 0. The van der Waals surface area contributed by atoms with E-state index in [9.17, 15) is 9.59 Å². The van der Waals surface area contributed by atoms with Gasteiger partial charge in [0.15, 0.2) is 0 Å². The summed E-state index contributed by atoms with van der Waals surface area (Å²) in [5, 5.41) is 2.51. The minimum absolute atomic E-state index is 0.236. The van der Waals surface area contributed by atoms with E-state index in [4.69, 9.17) is 4.74 Å². The fourth-order valence-corrected chi connectivity index (χ4v) is 1.17. The molecule has 1 aromatic carbocycles. The van der Waals surface area contributed by atoms with E-state index in [2.05, 4.69) is 20.9 Å². The summed E-state index contributed by atoms with van der Waals surface area (Å²) in [6.45, 7) is 2.54. The van der Waals surface area contributed by atoms with Crippen LogP contribution in [0.3, 0.4) is 0 Å². The number of rotatable bonds is 5. The molecule has 7 heteroatoms. The summed E-state index contributed by atoms with van der Waals surface area (Å²) in [5.41, 5.74) is 4.21. The molecule has 0 bridgehead atoms. The number of benzene rings is 1. The molecule has 19 heavy (non-hydrogen) atoms. The van der Waals surface area contributed by atoms with E-state index >= 15 is 0 Å². The summed E-state index contributed by atoms with van der Waals surface area (Å²) in [6, 6.07) is 8.71. The molecule has 7 nitrogen and oxygen atoms in total. The van der Waals surface area contributed by atoms with Gasteiger partial charge >= 0.3 is 12.1 Å². The van der Waals surface area contributed by atoms with Gasteiger partial charge in [0.25, 0.3) is 0 Å². The molecule has 0 aliphatic heterocycles. The molecule has 0 unspecified atom stereocenters. The van der Waals surface area contributed by atoms with Crippen LogP contribution in [0.5, 0.6) is 5.75 Å². The number of hydrazine groups is 1. The number of carbonyl (C=O) groups is 2. The van der Waals surface area contributed by atoms with Gasteiger partial charge in [-0.25, -0.2) is 20.4 Å². The lowest BCUT2D eigenvalue weighted by Crippen LogP contribution is -2.47. The van der Waals surface area contributed by atoms with Gasteiger partial charge in [-0.05, 0) is 19.1 Å². The number of hydrogen-bond donors (Lipinski definition) is 3. The minimum Gasteiger partial charge on any atom is -0.492 e. The van der Waals surface area contributed by atoms with Crippen LogP contribution in [-0.4, -0.2) is 31.9 Å². The highest BCUT2D eigenvalue weighted by atomic mass is 16.6. The number of carbonyl (C=O) groups excluding carboxylic acids is 2. The van der Waals surface area contributed by atoms with Gasteiger partial charge in [-0.3, -0.25) is 0 Å². The summed E-state index contributed by atoms with van der Waals surface area (Å²) >= 11 is 0. The Bertz CT molecular complexity index is 397. The van der Waals surface area contributed by atoms with Gasteiger partial charge in [0.1, 0.15) is 12.4 Å². The number of para-hydroxylation sites is 1. The van der Waals surface area contributed by atoms with Crippen molar-refractivity contribution in [3.05, 3.63) is 30.3 Å². The van der Waals surface area contributed by atoms with Gasteiger partial charge in [-0.15, -0.1) is 0 Å². The van der Waals surface area contributed by atoms with Crippen molar-refractivity contribution in [2.24, 2.45) is 0 Å². The highest BCUT2D eigenvalue weighted by molar-refractivity contribution is 5.77. The van der Waals surface area contributed by atoms with Crippen molar-refractivity contribution < 1.29 is 19.1 Å². The number of hydrogen-bond acceptors (Lipinski definition) is 4. The second kappa shape index (κ2) is 8.62. The van der Waals surface area contributed by atoms with Crippen molar-refractivity contribution in [2.45, 2.75) is 6.92 Å². The summed E-state index contributed by atoms with van der Waals surface area (Å²) < 4.78 is 9.92. The lowest BCUT2D eigenvalue weighted by atomic mass is 10.3. The van der Waals surface area contributed by atoms with Crippen molar-refractivity contribution in [1.29, 1.82) is 0 Å². The maximum Gasteiger partial charge on any atom is 0.426 e. The van der Waals surface area contributed by atoms with Gasteiger partial charge < -0.3 is 14.8 Å². The van der Waals surface area contributed by atoms with Crippen LogP contribution in [0.2, 0.25) is 0 Å². The summed E-state index contributed by atoms with van der Waals surface area (Å²) in [6.07, 6.45) is -0.710. The quantitative estimate of drug-likeness (QED) is 0.549. The van der Waals surface area contributed by atoms with Gasteiger partial charge in [0, 0.05) is 0 Å². The molecule has 1 rings (SSSR count). The third-order valence-corrected chi connectivity index (χ3v) is 1.95. The smallest absolute Gasteiger partial charge is 0.426 e. The molecular formula is C12H17N3O4. The Morgan fingerprint density at radius 2 is 1.89 bits per heavy atom. The number of nitrogens with one attached hydrogen (secondary N) is 3. The van der Waals surface area contributed by atoms with Gasteiger partial charge in [0.2, 0.25) is 0 Å². The van der Waals surface area contributed by atoms with Crippen molar-refractivity contribution in [3.63, 3.8) is 0 Å². The lowest BCUT2D eigenvalue weighted by Gasteiger charge is -2.09. The second-order valence-electron chi connectivity index (χ2n) is 3.39. The summed E-state index contributed by atoms with van der Waals surface area (Å²) in [5.74, 6) is 0.731. The number of urea groups is 1. The third kappa shape index (κ3) is 6.77. The molecule has 0 aromatic heterocycles. The molecule has 0 aliphatic rings. The largest absolute Gasteiger partial charge is 0.492 e. The Hall–Kier alpha value is -2.44. The number of amides is 3. The van der Waals surface area contributed by atoms with Crippen LogP contribution in [0.1, 0.15) is 6.92 Å². The molecule has 1 aromatic rings. The maximum atomic E-state index is 11.2. The molecule has 0 atom stereocenters. The Morgan fingerprint density at radius 1 is 1.16 bits per heavy atom. The van der Waals surface area contributed by atoms with E-state index in [1.54, 1.807) is 6.92 Å². The zero-order valence-corrected chi connectivity index (χ0v) is 10.6. The van der Waals surface area contributed by atoms with Crippen LogP contribution in [0.15, 0.2) is 30.3 Å². The predicted octanol–water partition coefficient (Wildman–Crippen LogP) is 1.03. The standard InChI is InChI=1S/C12H17N3O4/c1-2-18-12(17)15-14-11(16)13-8-9-19-10-6-4-3-5-7-10/h3-7H,2,8-9H2,1H3,(H,15,17)(H2,13,14,16). The van der Waals surface area contributed by atoms with Crippen molar-refractivity contribution in [3.8, 4) is 5.75 Å². The fraction of sp³-hybridized carbons (Fsp3) is 0.333. The Balaban J connectivity index is 2.06. The first-order valence-corrected chi connectivity index (χ1v) is 5.87. The van der Waals surface area contributed by atoms with Crippen molar-refractivity contribution >= 4 is 12.1 Å². The Morgan fingerprint density at radius 3 is 2.58 bits per heavy atom. The van der Waals surface area contributed by atoms with Crippen LogP contribution in [-0.2, 0) is 4.74 Å². The average Bonchev–Trinajstić information content (AvgIpc) is 2.43. The SMILES string of the molecule is CCOC(=O)NNC(=O)NCCOc1ccccc1. The molecule has 3 N–H and O–H groups in total. The first-order chi connectivity index (χ1) is 9.22. The topological polar surface area (TPSA) is 88.7 Å². The number of ether oxygens (including phenoxy) is 2. The molecule has 104 valence electrons. The van der Waals surface area contributed by atoms with E-state index in [-0.39, 0.29) is 6.61 Å². The molecule has 0 saturated carbocycles. The molecule has 0 spiro atoms. The van der Waals surface area contributed by atoms with Crippen molar-refractivity contribution in [1.82, 2.24) is 16.2 Å². The van der Waals surface area contributed by atoms with E-state index in [0.717, 1.165) is 5.75 Å². The normalized spacial score (nSPS) is 9.32. The van der Waals surface area contributed by atoms with Crippen LogP contribution in [0.25, 0.3) is 0 Å². The molecule has 0 saturated heterocycles. The fourth-order valence-electron chi connectivity index (χ4n) is 1.17. The van der Waals surface area contributed by atoms with E-state index in [1.807, 2.05) is 30.3 Å². The Kier molecular flexibility index (Phi) is 6.63. The first-order valence-electron chi connectivity index (χ1n) is 5.87. The molecule has 0 radical (unpaired) electrons. The highest BCUT2D eigenvalue weighted by Gasteiger charge is 2.03.